The highest BCUT2D eigenvalue weighted by Crippen LogP contribution is 2.28. The van der Waals surface area contributed by atoms with Crippen molar-refractivity contribution in [3.63, 3.8) is 0 Å². The number of thioether (sulfide) groups is 1. The lowest BCUT2D eigenvalue weighted by Gasteiger charge is -2.16. The number of sulfonamides is 1. The summed E-state index contributed by atoms with van der Waals surface area (Å²) in [5, 5.41) is 5.17. The summed E-state index contributed by atoms with van der Waals surface area (Å²) in [7, 11) is -0.192. The van der Waals surface area contributed by atoms with Gasteiger partial charge in [0.2, 0.25) is 15.9 Å². The third kappa shape index (κ3) is 5.74. The molecule has 158 valence electrons. The number of hydrogen-bond donors (Lipinski definition) is 1. The molecule has 0 atom stereocenters. The zero-order valence-electron chi connectivity index (χ0n) is 16.7. The molecule has 0 bridgehead atoms. The van der Waals surface area contributed by atoms with Crippen LogP contribution in [-0.4, -0.2) is 45.5 Å². The summed E-state index contributed by atoms with van der Waals surface area (Å²) in [5.41, 5.74) is 2.12. The summed E-state index contributed by atoms with van der Waals surface area (Å²) >= 11 is 2.77. The second-order valence-corrected chi connectivity index (χ2v) is 10.2. The first-order valence-corrected chi connectivity index (χ1v) is 12.5. The summed E-state index contributed by atoms with van der Waals surface area (Å²) in [6.07, 6.45) is 1.16. The molecule has 1 heterocycles. The van der Waals surface area contributed by atoms with Gasteiger partial charge in [-0.15, -0.1) is 23.1 Å². The zero-order valence-corrected chi connectivity index (χ0v) is 19.1. The maximum absolute atomic E-state index is 12.2. The van der Waals surface area contributed by atoms with Gasteiger partial charge in [0.05, 0.1) is 30.5 Å². The van der Waals surface area contributed by atoms with Crippen LogP contribution in [0.5, 0.6) is 5.75 Å². The predicted octanol–water partition coefficient (Wildman–Crippen LogP) is 3.95. The Hall–Kier alpha value is -2.56. The number of amides is 1. The molecule has 30 heavy (non-hydrogen) atoms. The number of carbonyl (C=O) groups excluding carboxylic acids is 1. The van der Waals surface area contributed by atoms with Gasteiger partial charge in [-0.1, -0.05) is 12.1 Å². The molecule has 1 aromatic heterocycles. The standard InChI is InChI=1S/C20H21N3O4S3/c1-23(30(3,25)26)15-6-4-14(5-7-15)18-12-29-20(21-18)22-19(24)13-28-17-10-8-16(27-2)9-11-17/h4-12H,13H2,1-3H3,(H,21,22,24). The minimum atomic E-state index is -3.31. The topological polar surface area (TPSA) is 88.6 Å². The second kappa shape index (κ2) is 9.50. The SMILES string of the molecule is COc1ccc(SCC(=O)Nc2nc(-c3ccc(N(C)S(C)(=O)=O)cc3)cs2)cc1. The summed E-state index contributed by atoms with van der Waals surface area (Å²) in [4.78, 5) is 17.6. The van der Waals surface area contributed by atoms with E-state index < -0.39 is 10.0 Å². The van der Waals surface area contributed by atoms with E-state index in [9.17, 15) is 13.2 Å². The Kier molecular flexibility index (Phi) is 7.01. The monoisotopic (exact) mass is 463 g/mol. The van der Waals surface area contributed by atoms with Crippen LogP contribution in [0.3, 0.4) is 0 Å². The fourth-order valence-corrected chi connectivity index (χ4v) is 4.41. The molecule has 10 heteroatoms. The lowest BCUT2D eigenvalue weighted by Crippen LogP contribution is -2.24. The van der Waals surface area contributed by atoms with Crippen molar-refractivity contribution < 1.29 is 17.9 Å². The Balaban J connectivity index is 1.58. The van der Waals surface area contributed by atoms with Crippen LogP contribution in [0, 0.1) is 0 Å². The van der Waals surface area contributed by atoms with Crippen LogP contribution >= 0.6 is 23.1 Å². The van der Waals surface area contributed by atoms with E-state index in [1.54, 1.807) is 31.4 Å². The van der Waals surface area contributed by atoms with Gasteiger partial charge in [-0.3, -0.25) is 9.10 Å². The van der Waals surface area contributed by atoms with Gasteiger partial charge in [0.25, 0.3) is 0 Å². The number of ether oxygens (including phenoxy) is 1. The fraction of sp³-hybridized carbons (Fsp3) is 0.200. The third-order valence-corrected chi connectivity index (χ3v) is 7.18. The number of carbonyl (C=O) groups is 1. The van der Waals surface area contributed by atoms with E-state index in [2.05, 4.69) is 10.3 Å². The normalized spacial score (nSPS) is 11.2. The molecule has 7 nitrogen and oxygen atoms in total. The number of nitrogens with zero attached hydrogens (tertiary/aromatic N) is 2. The minimum Gasteiger partial charge on any atom is -0.497 e. The summed E-state index contributed by atoms with van der Waals surface area (Å²) in [6, 6.07) is 14.6. The molecule has 0 aliphatic carbocycles. The average Bonchev–Trinajstić information content (AvgIpc) is 3.20. The van der Waals surface area contributed by atoms with Crippen molar-refractivity contribution in [1.82, 2.24) is 4.98 Å². The highest BCUT2D eigenvalue weighted by Gasteiger charge is 2.13. The van der Waals surface area contributed by atoms with Crippen molar-refractivity contribution >= 4 is 49.8 Å². The second-order valence-electron chi connectivity index (χ2n) is 6.33. The van der Waals surface area contributed by atoms with Crippen LogP contribution in [-0.2, 0) is 14.8 Å². The number of aromatic nitrogens is 1. The number of benzene rings is 2. The highest BCUT2D eigenvalue weighted by molar-refractivity contribution is 8.00. The molecule has 3 rings (SSSR count). The van der Waals surface area contributed by atoms with Crippen molar-refractivity contribution in [1.29, 1.82) is 0 Å². The van der Waals surface area contributed by atoms with Crippen molar-refractivity contribution in [3.05, 3.63) is 53.9 Å². The van der Waals surface area contributed by atoms with Gasteiger partial charge >= 0.3 is 0 Å². The minimum absolute atomic E-state index is 0.137. The van der Waals surface area contributed by atoms with E-state index in [-0.39, 0.29) is 11.7 Å². The maximum atomic E-state index is 12.2. The molecule has 0 saturated heterocycles. The van der Waals surface area contributed by atoms with Gasteiger partial charge in [0, 0.05) is 22.9 Å². The van der Waals surface area contributed by atoms with E-state index in [1.165, 1.54) is 34.5 Å². The van der Waals surface area contributed by atoms with E-state index in [1.807, 2.05) is 29.6 Å². The lowest BCUT2D eigenvalue weighted by atomic mass is 10.1. The number of hydrogen-bond acceptors (Lipinski definition) is 7. The van der Waals surface area contributed by atoms with Gasteiger partial charge in [0.1, 0.15) is 5.75 Å². The Labute approximate surface area is 184 Å². The zero-order chi connectivity index (χ0) is 21.7. The van der Waals surface area contributed by atoms with Crippen LogP contribution < -0.4 is 14.4 Å². The van der Waals surface area contributed by atoms with Crippen LogP contribution in [0.2, 0.25) is 0 Å². The first-order chi connectivity index (χ1) is 14.3. The van der Waals surface area contributed by atoms with Gasteiger partial charge in [-0.25, -0.2) is 13.4 Å². The van der Waals surface area contributed by atoms with Crippen molar-refractivity contribution in [2.75, 3.05) is 35.8 Å². The molecule has 0 fully saturated rings. The largest absolute Gasteiger partial charge is 0.497 e. The molecule has 0 aliphatic rings. The van der Waals surface area contributed by atoms with E-state index >= 15 is 0 Å². The van der Waals surface area contributed by atoms with Gasteiger partial charge in [0.15, 0.2) is 5.13 Å². The van der Waals surface area contributed by atoms with Crippen LogP contribution in [0.1, 0.15) is 0 Å². The molecule has 0 saturated carbocycles. The Bertz CT molecular complexity index is 1110. The number of nitrogens with one attached hydrogen (secondary N) is 1. The summed E-state index contributed by atoms with van der Waals surface area (Å²) < 4.78 is 29.6. The molecule has 2 aromatic carbocycles. The summed E-state index contributed by atoms with van der Waals surface area (Å²) in [6.45, 7) is 0. The smallest absolute Gasteiger partial charge is 0.236 e. The average molecular weight is 464 g/mol. The van der Waals surface area contributed by atoms with Gasteiger partial charge in [-0.05, 0) is 36.4 Å². The quantitative estimate of drug-likeness (QED) is 0.509. The molecule has 1 N–H and O–H groups in total. The van der Waals surface area contributed by atoms with Crippen LogP contribution in [0.15, 0.2) is 58.8 Å². The first-order valence-electron chi connectivity index (χ1n) is 8.83. The molecule has 3 aromatic rings. The maximum Gasteiger partial charge on any atom is 0.236 e. The Morgan fingerprint density at radius 3 is 2.43 bits per heavy atom. The van der Waals surface area contributed by atoms with Crippen molar-refractivity contribution in [2.45, 2.75) is 4.90 Å². The Morgan fingerprint density at radius 2 is 1.83 bits per heavy atom. The molecule has 0 aliphatic heterocycles. The van der Waals surface area contributed by atoms with Gasteiger partial charge < -0.3 is 10.1 Å². The van der Waals surface area contributed by atoms with Crippen molar-refractivity contribution in [3.8, 4) is 17.0 Å². The number of methoxy groups -OCH3 is 1. The van der Waals surface area contributed by atoms with E-state index in [0.29, 0.717) is 16.5 Å². The van der Waals surface area contributed by atoms with Crippen LogP contribution in [0.25, 0.3) is 11.3 Å². The Morgan fingerprint density at radius 1 is 1.17 bits per heavy atom. The molecule has 0 radical (unpaired) electrons. The van der Waals surface area contributed by atoms with E-state index in [4.69, 9.17) is 4.74 Å². The van der Waals surface area contributed by atoms with E-state index in [0.717, 1.165) is 22.5 Å². The molecule has 0 spiro atoms. The fourth-order valence-electron chi connectivity index (χ4n) is 2.47. The molecule has 1 amide bonds. The number of thiazole rings is 1. The molecular weight excluding hydrogens is 442 g/mol. The van der Waals surface area contributed by atoms with Crippen molar-refractivity contribution in [2.24, 2.45) is 0 Å². The first kappa shape index (κ1) is 22.1. The van der Waals surface area contributed by atoms with Gasteiger partial charge in [-0.2, -0.15) is 0 Å². The third-order valence-electron chi connectivity index (χ3n) is 4.20. The molecular formula is C20H21N3O4S3. The van der Waals surface area contributed by atoms with Crippen LogP contribution in [0.4, 0.5) is 10.8 Å². The predicted molar refractivity (Wildman–Crippen MR) is 123 cm³/mol. The summed E-state index contributed by atoms with van der Waals surface area (Å²) in [5.74, 6) is 0.908. The highest BCUT2D eigenvalue weighted by atomic mass is 32.2. The number of rotatable bonds is 8. The number of anilines is 2. The lowest BCUT2D eigenvalue weighted by molar-refractivity contribution is -0.113. The molecule has 0 unspecified atom stereocenters.